The fourth-order valence-corrected chi connectivity index (χ4v) is 5.24. The molecule has 0 radical (unpaired) electrons. The molecule has 0 saturated heterocycles. The van der Waals surface area contributed by atoms with Crippen LogP contribution in [0.4, 0.5) is 0 Å². The number of sulfonamides is 1. The molecule has 1 atom stereocenters. The highest BCUT2D eigenvalue weighted by atomic mass is 79.9. The fourth-order valence-electron chi connectivity index (χ4n) is 2.90. The highest BCUT2D eigenvalue weighted by Gasteiger charge is 2.28. The molecule has 7 heteroatoms. The number of nitrogens with one attached hydrogen (secondary N) is 1. The molecule has 1 unspecified atom stereocenters. The molecule has 1 aromatic heterocycles. The topological polar surface area (TPSA) is 59.1 Å². The second kappa shape index (κ2) is 7.40. The Bertz CT molecular complexity index is 589. The van der Waals surface area contributed by atoms with Crippen LogP contribution >= 0.6 is 27.5 Å². The predicted octanol–water partition coefficient (Wildman–Crippen LogP) is 4.13. The molecule has 1 aliphatic carbocycles. The van der Waals surface area contributed by atoms with Crippen LogP contribution in [-0.4, -0.2) is 19.4 Å². The Labute approximate surface area is 139 Å². The van der Waals surface area contributed by atoms with E-state index in [1.165, 1.54) is 31.5 Å². The Morgan fingerprint density at radius 3 is 2.71 bits per heavy atom. The molecule has 4 nitrogen and oxygen atoms in total. The highest BCUT2D eigenvalue weighted by molar-refractivity contribution is 9.10. The average Bonchev–Trinajstić information content (AvgIpc) is 2.48. The molecule has 0 spiro atoms. The van der Waals surface area contributed by atoms with Gasteiger partial charge in [0.2, 0.25) is 10.0 Å². The highest BCUT2D eigenvalue weighted by Crippen LogP contribution is 2.29. The molecular formula is C14H20BrClN2O2S. The number of halogens is 2. The summed E-state index contributed by atoms with van der Waals surface area (Å²) in [4.78, 5) is 3.92. The molecule has 0 aliphatic heterocycles. The van der Waals surface area contributed by atoms with E-state index in [2.05, 4.69) is 25.6 Å². The molecule has 1 aliphatic rings. The molecule has 1 fully saturated rings. The van der Waals surface area contributed by atoms with Crippen LogP contribution in [0.3, 0.4) is 0 Å². The standard InChI is InChI=1S/C14H20BrClN2O2S/c1-2-12(10-6-4-3-5-7-10)18-21(19,20)13-8-11(15)9-17-14(13)16/h8-10,12,18H,2-7H2,1H3. The quantitative estimate of drug-likeness (QED) is 0.762. The van der Waals surface area contributed by atoms with E-state index in [4.69, 9.17) is 11.6 Å². The van der Waals surface area contributed by atoms with Crippen LogP contribution in [0, 0.1) is 5.92 Å². The first-order valence-corrected chi connectivity index (χ1v) is 9.93. The first-order chi connectivity index (χ1) is 9.94. The zero-order chi connectivity index (χ0) is 15.5. The second-order valence-corrected chi connectivity index (χ2v) is 8.43. The van der Waals surface area contributed by atoms with E-state index in [9.17, 15) is 8.42 Å². The molecule has 21 heavy (non-hydrogen) atoms. The second-order valence-electron chi connectivity index (χ2n) is 5.48. The normalized spacial score (nSPS) is 18.6. The Balaban J connectivity index is 2.20. The Morgan fingerprint density at radius 2 is 2.10 bits per heavy atom. The van der Waals surface area contributed by atoms with Crippen molar-refractivity contribution in [1.29, 1.82) is 0 Å². The third-order valence-corrected chi connectivity index (χ3v) is 6.38. The summed E-state index contributed by atoms with van der Waals surface area (Å²) in [6, 6.07) is 1.45. The van der Waals surface area contributed by atoms with Crippen LogP contribution in [0.5, 0.6) is 0 Å². The minimum Gasteiger partial charge on any atom is -0.242 e. The maximum Gasteiger partial charge on any atom is 0.243 e. The van der Waals surface area contributed by atoms with Gasteiger partial charge in [0.15, 0.2) is 0 Å². The summed E-state index contributed by atoms with van der Waals surface area (Å²) < 4.78 is 28.5. The van der Waals surface area contributed by atoms with E-state index < -0.39 is 10.0 Å². The predicted molar refractivity (Wildman–Crippen MR) is 87.9 cm³/mol. The van der Waals surface area contributed by atoms with Gasteiger partial charge in [-0.05, 0) is 47.2 Å². The number of pyridine rings is 1. The van der Waals surface area contributed by atoms with Crippen molar-refractivity contribution in [3.05, 3.63) is 21.9 Å². The van der Waals surface area contributed by atoms with Gasteiger partial charge in [-0.2, -0.15) is 0 Å². The lowest BCUT2D eigenvalue weighted by Crippen LogP contribution is -2.40. The lowest BCUT2D eigenvalue weighted by molar-refractivity contribution is 0.285. The van der Waals surface area contributed by atoms with Crippen LogP contribution in [0.1, 0.15) is 45.4 Å². The lowest BCUT2D eigenvalue weighted by Gasteiger charge is -2.30. The first kappa shape index (κ1) is 17.2. The smallest absolute Gasteiger partial charge is 0.242 e. The van der Waals surface area contributed by atoms with Gasteiger partial charge < -0.3 is 0 Å². The number of aromatic nitrogens is 1. The molecular weight excluding hydrogens is 376 g/mol. The molecule has 118 valence electrons. The van der Waals surface area contributed by atoms with Gasteiger partial charge in [-0.1, -0.05) is 37.8 Å². The Kier molecular flexibility index (Phi) is 6.05. The summed E-state index contributed by atoms with van der Waals surface area (Å²) in [5, 5.41) is 0.00389. The molecule has 0 aromatic carbocycles. The number of hydrogen-bond donors (Lipinski definition) is 1. The van der Waals surface area contributed by atoms with Crippen LogP contribution in [0.2, 0.25) is 5.15 Å². The maximum absolute atomic E-state index is 12.6. The molecule has 1 N–H and O–H groups in total. The summed E-state index contributed by atoms with van der Waals surface area (Å²) in [7, 11) is -3.65. The number of hydrogen-bond acceptors (Lipinski definition) is 3. The summed E-state index contributed by atoms with van der Waals surface area (Å²) in [6.45, 7) is 2.02. The third kappa shape index (κ3) is 4.41. The zero-order valence-electron chi connectivity index (χ0n) is 12.0. The summed E-state index contributed by atoms with van der Waals surface area (Å²) in [5.74, 6) is 0.414. The van der Waals surface area contributed by atoms with Crippen LogP contribution in [0.15, 0.2) is 21.6 Å². The summed E-state index contributed by atoms with van der Waals surface area (Å²) in [6.07, 6.45) is 8.06. The van der Waals surface area contributed by atoms with Crippen molar-refractivity contribution in [3.63, 3.8) is 0 Å². The first-order valence-electron chi connectivity index (χ1n) is 7.27. The van der Waals surface area contributed by atoms with E-state index in [1.807, 2.05) is 6.92 Å². The molecule has 0 amide bonds. The average molecular weight is 396 g/mol. The van der Waals surface area contributed by atoms with Crippen LogP contribution < -0.4 is 4.72 Å². The van der Waals surface area contributed by atoms with Crippen molar-refractivity contribution in [2.45, 2.75) is 56.4 Å². The Morgan fingerprint density at radius 1 is 1.43 bits per heavy atom. The number of rotatable bonds is 5. The van der Waals surface area contributed by atoms with Crippen molar-refractivity contribution in [2.24, 2.45) is 5.92 Å². The van der Waals surface area contributed by atoms with Crippen molar-refractivity contribution >= 4 is 37.6 Å². The SMILES string of the molecule is CCC(NS(=O)(=O)c1cc(Br)cnc1Cl)C1CCCCC1. The monoisotopic (exact) mass is 394 g/mol. The summed E-state index contributed by atoms with van der Waals surface area (Å²) in [5.41, 5.74) is 0. The van der Waals surface area contributed by atoms with Crippen molar-refractivity contribution in [3.8, 4) is 0 Å². The fraction of sp³-hybridized carbons (Fsp3) is 0.643. The number of nitrogens with zero attached hydrogens (tertiary/aromatic N) is 1. The summed E-state index contributed by atoms with van der Waals surface area (Å²) >= 11 is 9.18. The third-order valence-electron chi connectivity index (χ3n) is 4.03. The molecule has 2 rings (SSSR count). The largest absolute Gasteiger partial charge is 0.243 e. The van der Waals surface area contributed by atoms with E-state index in [1.54, 1.807) is 0 Å². The van der Waals surface area contributed by atoms with E-state index >= 15 is 0 Å². The molecule has 1 saturated carbocycles. The maximum atomic E-state index is 12.6. The molecule has 1 aromatic rings. The van der Waals surface area contributed by atoms with Crippen LogP contribution in [-0.2, 0) is 10.0 Å². The van der Waals surface area contributed by atoms with Crippen molar-refractivity contribution in [2.75, 3.05) is 0 Å². The van der Waals surface area contributed by atoms with Gasteiger partial charge in [0.05, 0.1) is 0 Å². The van der Waals surface area contributed by atoms with Crippen molar-refractivity contribution in [1.82, 2.24) is 9.71 Å². The van der Waals surface area contributed by atoms with Gasteiger partial charge in [-0.3, -0.25) is 0 Å². The van der Waals surface area contributed by atoms with E-state index in [-0.39, 0.29) is 16.1 Å². The van der Waals surface area contributed by atoms with E-state index in [0.29, 0.717) is 10.4 Å². The van der Waals surface area contributed by atoms with E-state index in [0.717, 1.165) is 19.3 Å². The van der Waals surface area contributed by atoms with Gasteiger partial charge >= 0.3 is 0 Å². The minimum absolute atomic E-state index is 0.00389. The van der Waals surface area contributed by atoms with Gasteiger partial charge in [0.25, 0.3) is 0 Å². The minimum atomic E-state index is -3.65. The zero-order valence-corrected chi connectivity index (χ0v) is 15.1. The van der Waals surface area contributed by atoms with Gasteiger partial charge in [0.1, 0.15) is 10.0 Å². The van der Waals surface area contributed by atoms with Gasteiger partial charge in [-0.25, -0.2) is 18.1 Å². The Hall–Kier alpha value is -0.170. The lowest BCUT2D eigenvalue weighted by atomic mass is 9.83. The van der Waals surface area contributed by atoms with Crippen molar-refractivity contribution < 1.29 is 8.42 Å². The van der Waals surface area contributed by atoms with Crippen LogP contribution in [0.25, 0.3) is 0 Å². The molecule has 0 bridgehead atoms. The molecule has 1 heterocycles. The van der Waals surface area contributed by atoms with Gasteiger partial charge in [-0.15, -0.1) is 0 Å². The van der Waals surface area contributed by atoms with Gasteiger partial charge in [0, 0.05) is 16.7 Å².